The van der Waals surface area contributed by atoms with E-state index in [1.54, 1.807) is 7.11 Å². The summed E-state index contributed by atoms with van der Waals surface area (Å²) in [5.41, 5.74) is 12.2. The molecule has 0 heterocycles. The van der Waals surface area contributed by atoms with Crippen LogP contribution in [0.3, 0.4) is 0 Å². The lowest BCUT2D eigenvalue weighted by atomic mass is 10.1. The van der Waals surface area contributed by atoms with Crippen molar-refractivity contribution >= 4 is 17.1 Å². The number of nitrogens with one attached hydrogen (secondary N) is 2. The van der Waals surface area contributed by atoms with Crippen LogP contribution in [0, 0.1) is 0 Å². The van der Waals surface area contributed by atoms with Gasteiger partial charge < -0.3 is 21.1 Å². The van der Waals surface area contributed by atoms with Gasteiger partial charge in [-0.2, -0.15) is 0 Å². The number of para-hydroxylation sites is 3. The van der Waals surface area contributed by atoms with Crippen LogP contribution in [-0.2, 0) is 6.54 Å². The average molecular weight is 431 g/mol. The van der Waals surface area contributed by atoms with Gasteiger partial charge in [-0.15, -0.1) is 0 Å². The monoisotopic (exact) mass is 430 g/mol. The Kier molecular flexibility index (Phi) is 8.17. The fourth-order valence-electron chi connectivity index (χ4n) is 3.78. The maximum atomic E-state index is 6.39. The van der Waals surface area contributed by atoms with Crippen LogP contribution in [0.15, 0.2) is 79.4 Å². The van der Waals surface area contributed by atoms with Gasteiger partial charge >= 0.3 is 0 Å². The maximum absolute atomic E-state index is 6.39. The number of nitrogens with zero attached hydrogens (tertiary/aromatic N) is 1. The first-order valence-electron chi connectivity index (χ1n) is 11.0. The number of nitrogen functional groups attached to an aromatic ring is 1. The second-order valence-electron chi connectivity index (χ2n) is 7.85. The molecule has 0 saturated heterocycles. The zero-order chi connectivity index (χ0) is 22.9. The van der Waals surface area contributed by atoms with Gasteiger partial charge in [0.25, 0.3) is 0 Å². The van der Waals surface area contributed by atoms with Gasteiger partial charge in [-0.05, 0) is 31.7 Å². The van der Waals surface area contributed by atoms with Crippen LogP contribution in [0.5, 0.6) is 5.75 Å². The fraction of sp³-hybridized carbons (Fsp3) is 0.259. The summed E-state index contributed by atoms with van der Waals surface area (Å²) in [5, 5.41) is 7.13. The van der Waals surface area contributed by atoms with E-state index in [9.17, 15) is 0 Å². The van der Waals surface area contributed by atoms with Gasteiger partial charge in [0.2, 0.25) is 0 Å². The lowest BCUT2D eigenvalue weighted by molar-refractivity contribution is 0.216. The topological polar surface area (TPSA) is 62.5 Å². The van der Waals surface area contributed by atoms with E-state index >= 15 is 0 Å². The van der Waals surface area contributed by atoms with Gasteiger partial charge in [0.05, 0.1) is 7.11 Å². The highest BCUT2D eigenvalue weighted by Crippen LogP contribution is 2.30. The zero-order valence-corrected chi connectivity index (χ0v) is 19.3. The SMILES string of the molecule is C=C(NC(c1ccccc1N)N(C)Cc1ccccc1OC)c1ccccc1NCCC. The first-order valence-corrected chi connectivity index (χ1v) is 11.0. The molecule has 3 rings (SSSR count). The molecule has 1 unspecified atom stereocenters. The molecule has 0 aliphatic carbocycles. The molecule has 0 aromatic heterocycles. The molecule has 0 amide bonds. The molecule has 5 nitrogen and oxygen atoms in total. The first-order chi connectivity index (χ1) is 15.5. The number of ether oxygens (including phenoxy) is 1. The fourth-order valence-corrected chi connectivity index (χ4v) is 3.78. The predicted octanol–water partition coefficient (Wildman–Crippen LogP) is 5.49. The molecule has 3 aromatic rings. The average Bonchev–Trinajstić information content (AvgIpc) is 2.82. The molecule has 4 N–H and O–H groups in total. The molecule has 1 atom stereocenters. The van der Waals surface area contributed by atoms with Crippen molar-refractivity contribution in [2.45, 2.75) is 26.1 Å². The Morgan fingerprint density at radius 2 is 1.72 bits per heavy atom. The summed E-state index contributed by atoms with van der Waals surface area (Å²) in [6, 6.07) is 24.3. The number of benzene rings is 3. The highest BCUT2D eigenvalue weighted by molar-refractivity contribution is 5.74. The minimum atomic E-state index is -0.173. The zero-order valence-electron chi connectivity index (χ0n) is 19.3. The number of rotatable bonds is 11. The summed E-state index contributed by atoms with van der Waals surface area (Å²) >= 11 is 0. The van der Waals surface area contributed by atoms with E-state index in [2.05, 4.69) is 60.3 Å². The van der Waals surface area contributed by atoms with Crippen LogP contribution in [0.2, 0.25) is 0 Å². The molecule has 32 heavy (non-hydrogen) atoms. The summed E-state index contributed by atoms with van der Waals surface area (Å²) in [4.78, 5) is 2.22. The third-order valence-electron chi connectivity index (χ3n) is 5.47. The number of methoxy groups -OCH3 is 1. The van der Waals surface area contributed by atoms with Crippen molar-refractivity contribution < 1.29 is 4.74 Å². The van der Waals surface area contributed by atoms with Gasteiger partial charge in [0.15, 0.2) is 0 Å². The number of hydrogen-bond acceptors (Lipinski definition) is 5. The Bertz CT molecular complexity index is 1030. The summed E-state index contributed by atoms with van der Waals surface area (Å²) in [7, 11) is 3.77. The Morgan fingerprint density at radius 1 is 1.03 bits per heavy atom. The highest BCUT2D eigenvalue weighted by Gasteiger charge is 2.22. The second kappa shape index (κ2) is 11.3. The Balaban J connectivity index is 1.91. The van der Waals surface area contributed by atoms with Crippen LogP contribution in [0.25, 0.3) is 5.70 Å². The molecule has 0 bridgehead atoms. The van der Waals surface area contributed by atoms with Crippen molar-refractivity contribution in [1.82, 2.24) is 10.2 Å². The molecular weight excluding hydrogens is 396 g/mol. The van der Waals surface area contributed by atoms with E-state index in [1.807, 2.05) is 48.5 Å². The number of hydrogen-bond donors (Lipinski definition) is 3. The van der Waals surface area contributed by atoms with Crippen LogP contribution in [0.1, 0.15) is 36.2 Å². The minimum absolute atomic E-state index is 0.173. The Labute approximate surface area is 191 Å². The van der Waals surface area contributed by atoms with Gasteiger partial charge in [0.1, 0.15) is 11.9 Å². The first kappa shape index (κ1) is 23.2. The number of nitrogens with two attached hydrogens (primary N) is 1. The Morgan fingerprint density at radius 3 is 2.47 bits per heavy atom. The normalized spacial score (nSPS) is 11.8. The van der Waals surface area contributed by atoms with E-state index in [0.29, 0.717) is 6.54 Å². The smallest absolute Gasteiger partial charge is 0.123 e. The predicted molar refractivity (Wildman–Crippen MR) is 135 cm³/mol. The molecular formula is C27H34N4O. The molecule has 0 radical (unpaired) electrons. The largest absolute Gasteiger partial charge is 0.496 e. The van der Waals surface area contributed by atoms with Gasteiger partial charge in [-0.25, -0.2) is 0 Å². The van der Waals surface area contributed by atoms with E-state index in [4.69, 9.17) is 10.5 Å². The van der Waals surface area contributed by atoms with Crippen molar-refractivity contribution in [2.24, 2.45) is 0 Å². The van der Waals surface area contributed by atoms with Crippen molar-refractivity contribution in [3.8, 4) is 5.75 Å². The standard InChI is InChI=1S/C27H34N4O/c1-5-18-29-25-16-10-8-13-22(25)20(2)30-27(23-14-7-9-15-24(23)28)31(3)19-21-12-6-11-17-26(21)32-4/h6-17,27,29-30H,2,5,18-19,28H2,1,3-4H3. The van der Waals surface area contributed by atoms with Crippen molar-refractivity contribution in [3.63, 3.8) is 0 Å². The quantitative estimate of drug-likeness (QED) is 0.277. The van der Waals surface area contributed by atoms with Crippen LogP contribution in [0.4, 0.5) is 11.4 Å². The molecule has 0 aliphatic rings. The molecule has 0 spiro atoms. The third-order valence-corrected chi connectivity index (χ3v) is 5.47. The van der Waals surface area contributed by atoms with E-state index in [1.165, 1.54) is 0 Å². The molecule has 5 heteroatoms. The van der Waals surface area contributed by atoms with Gasteiger partial charge in [-0.1, -0.05) is 68.1 Å². The third kappa shape index (κ3) is 5.62. The molecule has 3 aromatic carbocycles. The molecule has 168 valence electrons. The highest BCUT2D eigenvalue weighted by atomic mass is 16.5. The summed E-state index contributed by atoms with van der Waals surface area (Å²) in [5.74, 6) is 0.868. The van der Waals surface area contributed by atoms with E-state index in [-0.39, 0.29) is 6.17 Å². The van der Waals surface area contributed by atoms with Gasteiger partial charge in [0, 0.05) is 46.9 Å². The van der Waals surface area contributed by atoms with Gasteiger partial charge in [-0.3, -0.25) is 4.90 Å². The lowest BCUT2D eigenvalue weighted by Crippen LogP contribution is -2.35. The van der Waals surface area contributed by atoms with Crippen molar-refractivity contribution in [2.75, 3.05) is 31.8 Å². The summed E-state index contributed by atoms with van der Waals surface area (Å²) < 4.78 is 5.56. The van der Waals surface area contributed by atoms with E-state index < -0.39 is 0 Å². The van der Waals surface area contributed by atoms with E-state index in [0.717, 1.165) is 52.5 Å². The maximum Gasteiger partial charge on any atom is 0.123 e. The lowest BCUT2D eigenvalue weighted by Gasteiger charge is -2.32. The second-order valence-corrected chi connectivity index (χ2v) is 7.85. The minimum Gasteiger partial charge on any atom is -0.496 e. The van der Waals surface area contributed by atoms with Crippen LogP contribution in [-0.4, -0.2) is 25.6 Å². The molecule has 0 saturated carbocycles. The Hall–Kier alpha value is -3.44. The number of anilines is 2. The molecule has 0 aliphatic heterocycles. The van der Waals surface area contributed by atoms with Crippen LogP contribution >= 0.6 is 0 Å². The van der Waals surface area contributed by atoms with Crippen molar-refractivity contribution in [3.05, 3.63) is 96.1 Å². The summed E-state index contributed by atoms with van der Waals surface area (Å²) in [6.45, 7) is 8.11. The van der Waals surface area contributed by atoms with Crippen LogP contribution < -0.4 is 21.1 Å². The molecule has 0 fully saturated rings. The summed E-state index contributed by atoms with van der Waals surface area (Å²) in [6.07, 6.45) is 0.881. The van der Waals surface area contributed by atoms with Crippen molar-refractivity contribution in [1.29, 1.82) is 0 Å².